The molecule has 0 aliphatic rings. The second kappa shape index (κ2) is 18.1. The number of amides is 4. The van der Waals surface area contributed by atoms with E-state index in [4.69, 9.17) is 5.11 Å². The van der Waals surface area contributed by atoms with E-state index in [1.165, 1.54) is 11.8 Å². The first-order chi connectivity index (χ1) is 13.8. The Morgan fingerprint density at radius 2 is 1.24 bits per heavy atom. The lowest BCUT2D eigenvalue weighted by atomic mass is 10.2. The van der Waals surface area contributed by atoms with Crippen molar-refractivity contribution in [3.63, 3.8) is 0 Å². The van der Waals surface area contributed by atoms with Crippen molar-refractivity contribution in [2.24, 2.45) is 0 Å². The van der Waals surface area contributed by atoms with E-state index < -0.39 is 17.8 Å². The van der Waals surface area contributed by atoms with E-state index in [0.717, 1.165) is 18.6 Å². The zero-order chi connectivity index (χ0) is 21.9. The van der Waals surface area contributed by atoms with Crippen molar-refractivity contribution in [3.05, 3.63) is 0 Å². The largest absolute Gasteiger partial charge is 0.481 e. The van der Waals surface area contributed by atoms with Gasteiger partial charge in [-0.1, -0.05) is 6.42 Å². The van der Waals surface area contributed by atoms with E-state index >= 15 is 0 Å². The maximum atomic E-state index is 11.6. The molecule has 0 aliphatic carbocycles. The van der Waals surface area contributed by atoms with Gasteiger partial charge in [-0.3, -0.25) is 24.0 Å². The summed E-state index contributed by atoms with van der Waals surface area (Å²) in [7, 11) is 0. The molecule has 0 rings (SSSR count). The van der Waals surface area contributed by atoms with Crippen LogP contribution in [0.15, 0.2) is 0 Å². The maximum absolute atomic E-state index is 11.6. The topological polar surface area (TPSA) is 154 Å². The van der Waals surface area contributed by atoms with E-state index in [1.807, 2.05) is 0 Å². The summed E-state index contributed by atoms with van der Waals surface area (Å²) < 4.78 is 0. The molecule has 166 valence electrons. The molecule has 0 fully saturated rings. The molecular formula is C17H30N4O6S2. The molecule has 0 aromatic carbocycles. The van der Waals surface area contributed by atoms with Gasteiger partial charge >= 0.3 is 5.97 Å². The minimum absolute atomic E-state index is 0.173. The molecule has 0 saturated carbocycles. The normalized spacial score (nSPS) is 10.1. The van der Waals surface area contributed by atoms with Gasteiger partial charge in [0.25, 0.3) is 0 Å². The summed E-state index contributed by atoms with van der Waals surface area (Å²) in [6, 6.07) is 0. The molecule has 0 bridgehead atoms. The Kier molecular flexibility index (Phi) is 16.9. The third-order valence-electron chi connectivity index (χ3n) is 3.45. The van der Waals surface area contributed by atoms with Gasteiger partial charge in [0.15, 0.2) is 0 Å². The third-order valence-corrected chi connectivity index (χ3v) is 4.69. The van der Waals surface area contributed by atoms with Crippen molar-refractivity contribution in [3.8, 4) is 0 Å². The minimum Gasteiger partial charge on any atom is -0.481 e. The molecule has 5 N–H and O–H groups in total. The van der Waals surface area contributed by atoms with Gasteiger partial charge in [0, 0.05) is 12.8 Å². The van der Waals surface area contributed by atoms with Crippen LogP contribution < -0.4 is 21.3 Å². The summed E-state index contributed by atoms with van der Waals surface area (Å²) in [6.45, 7) is -0.704. The zero-order valence-corrected chi connectivity index (χ0v) is 18.0. The highest BCUT2D eigenvalue weighted by molar-refractivity contribution is 7.99. The second-order valence-electron chi connectivity index (χ2n) is 6.01. The number of carbonyl (C=O) groups is 5. The molecule has 0 aromatic rings. The molecule has 0 unspecified atom stereocenters. The number of thioether (sulfide) groups is 1. The monoisotopic (exact) mass is 450 g/mol. The first-order valence-electron chi connectivity index (χ1n) is 9.32. The number of carboxylic acids is 1. The molecule has 0 heterocycles. The van der Waals surface area contributed by atoms with E-state index in [1.54, 1.807) is 0 Å². The van der Waals surface area contributed by atoms with Crippen LogP contribution in [0.5, 0.6) is 0 Å². The highest BCUT2D eigenvalue weighted by Gasteiger charge is 2.09. The smallest absolute Gasteiger partial charge is 0.303 e. The van der Waals surface area contributed by atoms with E-state index in [0.29, 0.717) is 24.5 Å². The standard InChI is InChI=1S/C17H30N4O6S2/c22-13(5-4-7-28)18-9-14(23)19-10-15(24)20-11-16(25)21-12-29-8-3-1-2-6-17(26)27/h28H,1-12H2,(H,18,22)(H,19,23)(H,20,24)(H,21,25)(H,26,27). The summed E-state index contributed by atoms with van der Waals surface area (Å²) in [5.41, 5.74) is 0. The molecule has 12 heteroatoms. The van der Waals surface area contributed by atoms with Gasteiger partial charge in [-0.15, -0.1) is 11.8 Å². The zero-order valence-electron chi connectivity index (χ0n) is 16.3. The van der Waals surface area contributed by atoms with Crippen molar-refractivity contribution in [1.29, 1.82) is 0 Å². The Hall–Kier alpha value is -1.95. The average molecular weight is 451 g/mol. The van der Waals surface area contributed by atoms with Crippen molar-refractivity contribution in [2.45, 2.75) is 38.5 Å². The highest BCUT2D eigenvalue weighted by Crippen LogP contribution is 2.06. The number of unbranched alkanes of at least 4 members (excludes halogenated alkanes) is 2. The lowest BCUT2D eigenvalue weighted by molar-refractivity contribution is -0.137. The van der Waals surface area contributed by atoms with Crippen LogP contribution >= 0.6 is 24.4 Å². The number of hydrogen-bond acceptors (Lipinski definition) is 7. The van der Waals surface area contributed by atoms with Crippen LogP contribution in [0.2, 0.25) is 0 Å². The number of hydrogen-bond donors (Lipinski definition) is 6. The second-order valence-corrected chi connectivity index (χ2v) is 7.57. The number of thiol groups is 1. The Labute approximate surface area is 180 Å². The van der Waals surface area contributed by atoms with Crippen molar-refractivity contribution in [2.75, 3.05) is 37.0 Å². The number of carboxylic acid groups (broad SMARTS) is 1. The van der Waals surface area contributed by atoms with Crippen LogP contribution in [-0.2, 0) is 24.0 Å². The summed E-state index contributed by atoms with van der Waals surface area (Å²) in [6.07, 6.45) is 3.43. The molecule has 0 aliphatic heterocycles. The third kappa shape index (κ3) is 19.2. The quantitative estimate of drug-likeness (QED) is 0.0992. The fourth-order valence-corrected chi connectivity index (χ4v) is 2.89. The van der Waals surface area contributed by atoms with Gasteiger partial charge in [0.2, 0.25) is 23.6 Å². The fourth-order valence-electron chi connectivity index (χ4n) is 1.91. The average Bonchev–Trinajstić information content (AvgIpc) is 2.69. The Balaban J connectivity index is 3.61. The Bertz CT molecular complexity index is 548. The molecular weight excluding hydrogens is 420 g/mol. The summed E-state index contributed by atoms with van der Waals surface area (Å²) in [5, 5.41) is 18.3. The van der Waals surface area contributed by atoms with Crippen molar-refractivity contribution < 1.29 is 29.1 Å². The van der Waals surface area contributed by atoms with Crippen LogP contribution in [0.4, 0.5) is 0 Å². The summed E-state index contributed by atoms with van der Waals surface area (Å²) >= 11 is 5.50. The lowest BCUT2D eigenvalue weighted by Crippen LogP contribution is -2.44. The first kappa shape index (κ1) is 27.0. The van der Waals surface area contributed by atoms with Gasteiger partial charge in [-0.05, 0) is 30.8 Å². The van der Waals surface area contributed by atoms with Gasteiger partial charge < -0.3 is 26.4 Å². The highest BCUT2D eigenvalue weighted by atomic mass is 32.2. The molecule has 0 radical (unpaired) electrons. The lowest BCUT2D eigenvalue weighted by Gasteiger charge is -2.08. The van der Waals surface area contributed by atoms with Gasteiger partial charge in [0.05, 0.1) is 25.5 Å². The Morgan fingerprint density at radius 3 is 1.79 bits per heavy atom. The number of carbonyl (C=O) groups excluding carboxylic acids is 4. The predicted octanol–water partition coefficient (Wildman–Crippen LogP) is -0.503. The van der Waals surface area contributed by atoms with Crippen LogP contribution in [0.1, 0.15) is 38.5 Å². The summed E-state index contributed by atoms with van der Waals surface area (Å²) in [4.78, 5) is 56.5. The van der Waals surface area contributed by atoms with Gasteiger partial charge in [0.1, 0.15) is 0 Å². The number of aliphatic carboxylic acids is 1. The predicted molar refractivity (Wildman–Crippen MR) is 114 cm³/mol. The van der Waals surface area contributed by atoms with Crippen LogP contribution in [0, 0.1) is 0 Å². The molecule has 29 heavy (non-hydrogen) atoms. The van der Waals surface area contributed by atoms with Crippen molar-refractivity contribution in [1.82, 2.24) is 21.3 Å². The molecule has 4 amide bonds. The van der Waals surface area contributed by atoms with E-state index in [-0.39, 0.29) is 44.3 Å². The van der Waals surface area contributed by atoms with E-state index in [9.17, 15) is 24.0 Å². The first-order valence-corrected chi connectivity index (χ1v) is 11.1. The summed E-state index contributed by atoms with van der Waals surface area (Å²) in [5.74, 6) is -0.614. The van der Waals surface area contributed by atoms with Crippen LogP contribution in [0.3, 0.4) is 0 Å². The SMILES string of the molecule is O=C(O)CCCCCSCNC(=O)CNC(=O)CNC(=O)CNC(=O)CCCS. The van der Waals surface area contributed by atoms with Gasteiger partial charge in [-0.2, -0.15) is 12.6 Å². The number of nitrogens with one attached hydrogen (secondary N) is 4. The molecule has 0 atom stereocenters. The number of rotatable bonds is 17. The van der Waals surface area contributed by atoms with Crippen LogP contribution in [0.25, 0.3) is 0 Å². The van der Waals surface area contributed by atoms with E-state index in [2.05, 4.69) is 33.9 Å². The molecule has 0 spiro atoms. The van der Waals surface area contributed by atoms with Crippen molar-refractivity contribution >= 4 is 54.0 Å². The van der Waals surface area contributed by atoms with Crippen LogP contribution in [-0.4, -0.2) is 71.7 Å². The Morgan fingerprint density at radius 1 is 0.690 bits per heavy atom. The molecule has 10 nitrogen and oxygen atoms in total. The minimum atomic E-state index is -0.793. The molecule has 0 aromatic heterocycles. The fraction of sp³-hybridized carbons (Fsp3) is 0.706. The molecule has 0 saturated heterocycles. The van der Waals surface area contributed by atoms with Gasteiger partial charge in [-0.25, -0.2) is 0 Å². The maximum Gasteiger partial charge on any atom is 0.303 e.